The van der Waals surface area contributed by atoms with Crippen LogP contribution in [0.4, 0.5) is 5.69 Å². The van der Waals surface area contributed by atoms with Crippen molar-refractivity contribution in [3.8, 4) is 5.75 Å². The van der Waals surface area contributed by atoms with Gasteiger partial charge in [-0.2, -0.15) is 0 Å². The van der Waals surface area contributed by atoms with E-state index in [1.165, 1.54) is 16.2 Å². The zero-order valence-corrected chi connectivity index (χ0v) is 16.1. The molecule has 0 bridgehead atoms. The number of aromatic nitrogens is 2. The van der Waals surface area contributed by atoms with E-state index in [-0.39, 0.29) is 24.1 Å². The highest BCUT2D eigenvalue weighted by Gasteiger charge is 2.18. The number of methoxy groups -OCH3 is 1. The summed E-state index contributed by atoms with van der Waals surface area (Å²) in [5.41, 5.74) is 0.124. The number of amides is 1. The molecule has 1 amide bonds. The van der Waals surface area contributed by atoms with E-state index in [2.05, 4.69) is 5.32 Å². The zero-order valence-electron chi connectivity index (χ0n) is 16.1. The second-order valence-corrected chi connectivity index (χ2v) is 6.57. The minimum absolute atomic E-state index is 0.214. The summed E-state index contributed by atoms with van der Waals surface area (Å²) in [4.78, 5) is 38.5. The summed E-state index contributed by atoms with van der Waals surface area (Å²) in [5.74, 6) is 0.142. The fourth-order valence-electron chi connectivity index (χ4n) is 3.14. The first-order chi connectivity index (χ1) is 13.5. The third-order valence-electron chi connectivity index (χ3n) is 4.80. The van der Waals surface area contributed by atoms with Crippen LogP contribution in [-0.4, -0.2) is 22.2 Å². The lowest BCUT2D eigenvalue weighted by atomic mass is 10.2. The van der Waals surface area contributed by atoms with Crippen molar-refractivity contribution in [3.05, 3.63) is 69.4 Å². The fourth-order valence-corrected chi connectivity index (χ4v) is 3.14. The van der Waals surface area contributed by atoms with Gasteiger partial charge in [0.2, 0.25) is 5.91 Å². The van der Waals surface area contributed by atoms with Crippen LogP contribution >= 0.6 is 0 Å². The van der Waals surface area contributed by atoms with Crippen LogP contribution < -0.4 is 21.3 Å². The SMILES string of the molecule is CCC(C)n1c(=O)c2ccccc2n(CC(=O)Nc2ccccc2OC)c1=O. The number of carbonyl (C=O) groups excluding carboxylic acids is 1. The lowest BCUT2D eigenvalue weighted by Gasteiger charge is -2.17. The molecule has 0 fully saturated rings. The monoisotopic (exact) mass is 381 g/mol. The predicted molar refractivity (Wildman–Crippen MR) is 109 cm³/mol. The lowest BCUT2D eigenvalue weighted by molar-refractivity contribution is -0.116. The Morgan fingerprint density at radius 3 is 2.50 bits per heavy atom. The smallest absolute Gasteiger partial charge is 0.332 e. The largest absolute Gasteiger partial charge is 0.495 e. The molecule has 0 saturated carbocycles. The van der Waals surface area contributed by atoms with Crippen LogP contribution in [0, 0.1) is 0 Å². The Labute approximate surface area is 162 Å². The van der Waals surface area contributed by atoms with Gasteiger partial charge in [0.15, 0.2) is 0 Å². The third kappa shape index (κ3) is 3.55. The number of hydrogen-bond donors (Lipinski definition) is 1. The molecule has 7 nitrogen and oxygen atoms in total. The van der Waals surface area contributed by atoms with Crippen molar-refractivity contribution in [2.45, 2.75) is 32.9 Å². The van der Waals surface area contributed by atoms with Gasteiger partial charge in [-0.15, -0.1) is 0 Å². The highest BCUT2D eigenvalue weighted by atomic mass is 16.5. The van der Waals surface area contributed by atoms with Gasteiger partial charge in [-0.25, -0.2) is 4.79 Å². The van der Waals surface area contributed by atoms with Crippen molar-refractivity contribution >= 4 is 22.5 Å². The first-order valence-electron chi connectivity index (χ1n) is 9.14. The van der Waals surface area contributed by atoms with E-state index in [1.807, 2.05) is 13.8 Å². The Bertz CT molecular complexity index is 1130. The van der Waals surface area contributed by atoms with Gasteiger partial charge < -0.3 is 10.1 Å². The molecule has 2 aromatic carbocycles. The van der Waals surface area contributed by atoms with E-state index in [4.69, 9.17) is 4.74 Å². The fraction of sp³-hybridized carbons (Fsp3) is 0.286. The number of nitrogens with zero attached hydrogens (tertiary/aromatic N) is 2. The van der Waals surface area contributed by atoms with Gasteiger partial charge in [-0.3, -0.25) is 18.7 Å². The molecule has 0 aliphatic carbocycles. The van der Waals surface area contributed by atoms with Gasteiger partial charge in [0.05, 0.1) is 23.7 Å². The summed E-state index contributed by atoms with van der Waals surface area (Å²) < 4.78 is 7.80. The van der Waals surface area contributed by atoms with E-state index in [9.17, 15) is 14.4 Å². The van der Waals surface area contributed by atoms with Crippen LogP contribution in [0.5, 0.6) is 5.75 Å². The molecule has 0 aliphatic rings. The first kappa shape index (κ1) is 19.4. The molecule has 3 aromatic rings. The molecule has 0 spiro atoms. The van der Waals surface area contributed by atoms with Gasteiger partial charge >= 0.3 is 5.69 Å². The Kier molecular flexibility index (Phi) is 5.63. The van der Waals surface area contributed by atoms with Gasteiger partial charge in [-0.1, -0.05) is 31.2 Å². The van der Waals surface area contributed by atoms with Crippen LogP contribution in [0.25, 0.3) is 10.9 Å². The number of anilines is 1. The molecule has 1 aromatic heterocycles. The number of ether oxygens (including phenoxy) is 1. The topological polar surface area (TPSA) is 82.3 Å². The molecule has 1 heterocycles. The number of fused-ring (bicyclic) bond motifs is 1. The number of rotatable bonds is 6. The van der Waals surface area contributed by atoms with E-state index in [0.29, 0.717) is 28.8 Å². The standard InChI is InChI=1S/C21H23N3O4/c1-4-14(2)24-20(26)15-9-5-7-11-17(15)23(21(24)27)13-19(25)22-16-10-6-8-12-18(16)28-3/h5-12,14H,4,13H2,1-3H3,(H,22,25). The summed E-state index contributed by atoms with van der Waals surface area (Å²) in [5, 5.41) is 3.18. The van der Waals surface area contributed by atoms with E-state index >= 15 is 0 Å². The second kappa shape index (κ2) is 8.12. The Balaban J connectivity index is 2.06. The van der Waals surface area contributed by atoms with Crippen LogP contribution in [0.15, 0.2) is 58.1 Å². The molecule has 1 unspecified atom stereocenters. The van der Waals surface area contributed by atoms with Gasteiger partial charge in [0, 0.05) is 6.04 Å². The maximum Gasteiger partial charge on any atom is 0.332 e. The Morgan fingerprint density at radius 1 is 1.11 bits per heavy atom. The molecule has 0 radical (unpaired) electrons. The minimum atomic E-state index is -0.492. The van der Waals surface area contributed by atoms with Gasteiger partial charge in [0.1, 0.15) is 12.3 Å². The van der Waals surface area contributed by atoms with Crippen LogP contribution in [0.1, 0.15) is 26.3 Å². The highest BCUT2D eigenvalue weighted by molar-refractivity contribution is 5.93. The zero-order chi connectivity index (χ0) is 20.3. The molecule has 28 heavy (non-hydrogen) atoms. The average Bonchev–Trinajstić information content (AvgIpc) is 2.71. The molecule has 0 aliphatic heterocycles. The summed E-state index contributed by atoms with van der Waals surface area (Å²) in [6, 6.07) is 13.6. The first-order valence-corrected chi connectivity index (χ1v) is 9.14. The van der Waals surface area contributed by atoms with E-state index in [1.54, 1.807) is 48.5 Å². The number of hydrogen-bond acceptors (Lipinski definition) is 4. The summed E-state index contributed by atoms with van der Waals surface area (Å²) in [6.07, 6.45) is 0.626. The molecule has 3 rings (SSSR count). The molecular formula is C21H23N3O4. The number of para-hydroxylation sites is 3. The Hall–Kier alpha value is -3.35. The molecule has 1 N–H and O–H groups in total. The summed E-state index contributed by atoms with van der Waals surface area (Å²) >= 11 is 0. The maximum atomic E-state index is 13.0. The van der Waals surface area contributed by atoms with Crippen LogP contribution in [0.3, 0.4) is 0 Å². The van der Waals surface area contributed by atoms with E-state index < -0.39 is 5.69 Å². The number of carbonyl (C=O) groups is 1. The summed E-state index contributed by atoms with van der Waals surface area (Å²) in [6.45, 7) is 3.51. The van der Waals surface area contributed by atoms with Gasteiger partial charge in [-0.05, 0) is 37.6 Å². The van der Waals surface area contributed by atoms with Crippen molar-refractivity contribution in [3.63, 3.8) is 0 Å². The van der Waals surface area contributed by atoms with E-state index in [0.717, 1.165) is 0 Å². The molecule has 146 valence electrons. The quantitative estimate of drug-likeness (QED) is 0.712. The number of benzene rings is 2. The van der Waals surface area contributed by atoms with Crippen molar-refractivity contribution in [2.75, 3.05) is 12.4 Å². The Morgan fingerprint density at radius 2 is 1.79 bits per heavy atom. The summed E-state index contributed by atoms with van der Waals surface area (Å²) in [7, 11) is 1.52. The lowest BCUT2D eigenvalue weighted by Crippen LogP contribution is -2.43. The van der Waals surface area contributed by atoms with Crippen LogP contribution in [-0.2, 0) is 11.3 Å². The van der Waals surface area contributed by atoms with Crippen molar-refractivity contribution in [1.82, 2.24) is 9.13 Å². The second-order valence-electron chi connectivity index (χ2n) is 6.57. The highest BCUT2D eigenvalue weighted by Crippen LogP contribution is 2.23. The maximum absolute atomic E-state index is 13.0. The molecule has 0 saturated heterocycles. The third-order valence-corrected chi connectivity index (χ3v) is 4.80. The normalized spacial score (nSPS) is 12.0. The van der Waals surface area contributed by atoms with Crippen LogP contribution in [0.2, 0.25) is 0 Å². The minimum Gasteiger partial charge on any atom is -0.495 e. The van der Waals surface area contributed by atoms with Crippen molar-refractivity contribution in [2.24, 2.45) is 0 Å². The van der Waals surface area contributed by atoms with Crippen molar-refractivity contribution < 1.29 is 9.53 Å². The van der Waals surface area contributed by atoms with Gasteiger partial charge in [0.25, 0.3) is 5.56 Å². The van der Waals surface area contributed by atoms with Crippen molar-refractivity contribution in [1.29, 1.82) is 0 Å². The molecular weight excluding hydrogens is 358 g/mol. The molecule has 7 heteroatoms. The number of nitrogens with one attached hydrogen (secondary N) is 1. The average molecular weight is 381 g/mol. The predicted octanol–water partition coefficient (Wildman–Crippen LogP) is 2.78. The molecule has 1 atom stereocenters.